The number of fused-ring (bicyclic) bond motifs is 1. The van der Waals surface area contributed by atoms with Crippen molar-refractivity contribution in [3.63, 3.8) is 0 Å². The van der Waals surface area contributed by atoms with Gasteiger partial charge in [0.2, 0.25) is 0 Å². The van der Waals surface area contributed by atoms with E-state index in [0.717, 1.165) is 27.9 Å². The summed E-state index contributed by atoms with van der Waals surface area (Å²) in [5, 5.41) is 5.06. The number of furan rings is 1. The van der Waals surface area contributed by atoms with Crippen LogP contribution in [0.3, 0.4) is 0 Å². The first kappa shape index (κ1) is 17.8. The highest BCUT2D eigenvalue weighted by Gasteiger charge is 2.16. The third kappa shape index (κ3) is 3.75. The molecule has 0 aliphatic heterocycles. The molecule has 0 atom stereocenters. The predicted molar refractivity (Wildman–Crippen MR) is 108 cm³/mol. The fourth-order valence-corrected chi connectivity index (χ4v) is 3.40. The molecule has 0 amide bonds. The summed E-state index contributed by atoms with van der Waals surface area (Å²) < 4.78 is 20.0. The molecule has 0 fully saturated rings. The Labute approximate surface area is 162 Å². The first-order chi connectivity index (χ1) is 13.1. The van der Waals surface area contributed by atoms with Crippen molar-refractivity contribution in [1.29, 1.82) is 0 Å². The van der Waals surface area contributed by atoms with Gasteiger partial charge in [-0.3, -0.25) is 0 Å². The fraction of sp³-hybridized carbons (Fsp3) is 0.130. The Morgan fingerprint density at radius 3 is 2.52 bits per heavy atom. The summed E-state index contributed by atoms with van der Waals surface area (Å²) in [6, 6.07) is 20.7. The van der Waals surface area contributed by atoms with Gasteiger partial charge in [-0.15, -0.1) is 0 Å². The molecule has 4 aromatic rings. The van der Waals surface area contributed by atoms with Crippen molar-refractivity contribution >= 4 is 22.6 Å². The lowest BCUT2D eigenvalue weighted by molar-refractivity contribution is 0.509. The quantitative estimate of drug-likeness (QED) is 0.428. The maximum absolute atomic E-state index is 13.8. The van der Waals surface area contributed by atoms with E-state index in [2.05, 4.69) is 18.3 Å². The molecule has 0 aliphatic rings. The zero-order chi connectivity index (χ0) is 18.8. The van der Waals surface area contributed by atoms with E-state index in [-0.39, 0.29) is 5.82 Å². The molecule has 0 unspecified atom stereocenters. The highest BCUT2D eigenvalue weighted by Crippen LogP contribution is 2.36. The van der Waals surface area contributed by atoms with Crippen LogP contribution in [-0.2, 0) is 13.1 Å². The minimum atomic E-state index is -0.205. The van der Waals surface area contributed by atoms with E-state index < -0.39 is 0 Å². The second-order valence-corrected chi connectivity index (χ2v) is 7.04. The molecule has 27 heavy (non-hydrogen) atoms. The van der Waals surface area contributed by atoms with Gasteiger partial charge >= 0.3 is 0 Å². The van der Waals surface area contributed by atoms with Gasteiger partial charge in [0.25, 0.3) is 0 Å². The molecule has 0 spiro atoms. The molecule has 0 saturated carbocycles. The number of halogens is 2. The molecule has 0 bridgehead atoms. The van der Waals surface area contributed by atoms with Crippen LogP contribution in [-0.4, -0.2) is 0 Å². The predicted octanol–water partition coefficient (Wildman–Crippen LogP) is 6.49. The molecule has 0 aliphatic carbocycles. The molecule has 4 heteroatoms. The maximum atomic E-state index is 13.8. The van der Waals surface area contributed by atoms with E-state index in [9.17, 15) is 4.39 Å². The number of nitrogens with one attached hydrogen (secondary N) is 1. The Morgan fingerprint density at radius 1 is 0.963 bits per heavy atom. The Morgan fingerprint density at radius 2 is 1.74 bits per heavy atom. The van der Waals surface area contributed by atoms with Crippen LogP contribution in [0.15, 0.2) is 71.1 Å². The van der Waals surface area contributed by atoms with Crippen LogP contribution in [0.5, 0.6) is 0 Å². The lowest BCUT2D eigenvalue weighted by Crippen LogP contribution is -2.13. The van der Waals surface area contributed by atoms with Crippen molar-refractivity contribution in [3.8, 4) is 11.1 Å². The van der Waals surface area contributed by atoms with Crippen LogP contribution < -0.4 is 5.32 Å². The summed E-state index contributed by atoms with van der Waals surface area (Å²) in [5.41, 5.74) is 4.74. The van der Waals surface area contributed by atoms with Crippen LogP contribution in [0.1, 0.15) is 16.9 Å². The van der Waals surface area contributed by atoms with Gasteiger partial charge in [-0.05, 0) is 42.8 Å². The highest BCUT2D eigenvalue weighted by molar-refractivity contribution is 6.30. The Bertz CT molecular complexity index is 1090. The number of rotatable bonds is 5. The van der Waals surface area contributed by atoms with Gasteiger partial charge in [-0.25, -0.2) is 4.39 Å². The third-order valence-electron chi connectivity index (χ3n) is 4.61. The van der Waals surface area contributed by atoms with E-state index in [4.69, 9.17) is 16.0 Å². The molecular formula is C23H19ClFNO. The molecule has 2 nitrogen and oxygen atoms in total. The van der Waals surface area contributed by atoms with Gasteiger partial charge in [-0.2, -0.15) is 0 Å². The minimum absolute atomic E-state index is 0.205. The molecule has 0 saturated heterocycles. The van der Waals surface area contributed by atoms with Crippen molar-refractivity contribution in [1.82, 2.24) is 5.32 Å². The van der Waals surface area contributed by atoms with Crippen molar-refractivity contribution in [2.75, 3.05) is 0 Å². The van der Waals surface area contributed by atoms with Gasteiger partial charge < -0.3 is 9.73 Å². The molecule has 1 heterocycles. The third-order valence-corrected chi connectivity index (χ3v) is 4.86. The monoisotopic (exact) mass is 379 g/mol. The van der Waals surface area contributed by atoms with E-state index in [1.807, 2.05) is 42.5 Å². The highest BCUT2D eigenvalue weighted by atomic mass is 35.5. The summed E-state index contributed by atoms with van der Waals surface area (Å²) >= 11 is 6.05. The molecule has 3 aromatic carbocycles. The van der Waals surface area contributed by atoms with Crippen LogP contribution in [0.25, 0.3) is 22.1 Å². The van der Waals surface area contributed by atoms with Gasteiger partial charge in [-0.1, -0.05) is 53.6 Å². The normalized spacial score (nSPS) is 11.2. The van der Waals surface area contributed by atoms with Gasteiger partial charge in [0.1, 0.15) is 17.2 Å². The van der Waals surface area contributed by atoms with Gasteiger partial charge in [0, 0.05) is 28.1 Å². The SMILES string of the molecule is Cc1ccc2oc(CNCc3ccccc3F)c(-c3ccc(Cl)cc3)c2c1. The molecule has 1 N–H and O–H groups in total. The van der Waals surface area contributed by atoms with Crippen LogP contribution in [0.4, 0.5) is 4.39 Å². The Kier molecular flexibility index (Phi) is 4.97. The number of hydrogen-bond acceptors (Lipinski definition) is 2. The Hall–Kier alpha value is -2.62. The van der Waals surface area contributed by atoms with Crippen LogP contribution in [0.2, 0.25) is 5.02 Å². The first-order valence-corrected chi connectivity index (χ1v) is 9.22. The number of benzene rings is 3. The molecule has 4 rings (SSSR count). The van der Waals surface area contributed by atoms with Crippen LogP contribution in [0, 0.1) is 12.7 Å². The first-order valence-electron chi connectivity index (χ1n) is 8.84. The molecular weight excluding hydrogens is 361 g/mol. The van der Waals surface area contributed by atoms with E-state index in [1.165, 1.54) is 11.6 Å². The van der Waals surface area contributed by atoms with Crippen molar-refractivity contribution in [3.05, 3.63) is 94.5 Å². The average molecular weight is 380 g/mol. The fourth-order valence-electron chi connectivity index (χ4n) is 3.27. The van der Waals surface area contributed by atoms with E-state index >= 15 is 0 Å². The minimum Gasteiger partial charge on any atom is -0.459 e. The summed E-state index contributed by atoms with van der Waals surface area (Å²) in [7, 11) is 0. The largest absolute Gasteiger partial charge is 0.459 e. The summed E-state index contributed by atoms with van der Waals surface area (Å²) in [5.74, 6) is 0.623. The Balaban J connectivity index is 1.68. The zero-order valence-electron chi connectivity index (χ0n) is 14.9. The van der Waals surface area contributed by atoms with Crippen molar-refractivity contribution < 1.29 is 8.81 Å². The standard InChI is InChI=1S/C23H19ClFNO/c1-15-6-11-21-19(12-15)23(16-7-9-18(24)10-8-16)22(27-21)14-26-13-17-4-2-3-5-20(17)25/h2-12,26H,13-14H2,1H3. The smallest absolute Gasteiger partial charge is 0.135 e. The maximum Gasteiger partial charge on any atom is 0.135 e. The summed E-state index contributed by atoms with van der Waals surface area (Å²) in [6.07, 6.45) is 0. The molecule has 1 aromatic heterocycles. The van der Waals surface area contributed by atoms with E-state index in [0.29, 0.717) is 23.7 Å². The molecule has 136 valence electrons. The molecule has 0 radical (unpaired) electrons. The van der Waals surface area contributed by atoms with Crippen LogP contribution >= 0.6 is 11.6 Å². The lowest BCUT2D eigenvalue weighted by Gasteiger charge is -2.07. The van der Waals surface area contributed by atoms with E-state index in [1.54, 1.807) is 12.1 Å². The van der Waals surface area contributed by atoms with Gasteiger partial charge in [0.15, 0.2) is 0 Å². The summed E-state index contributed by atoms with van der Waals surface area (Å²) in [6.45, 7) is 3.00. The lowest BCUT2D eigenvalue weighted by atomic mass is 10.0. The van der Waals surface area contributed by atoms with Crippen molar-refractivity contribution in [2.24, 2.45) is 0 Å². The number of hydrogen-bond donors (Lipinski definition) is 1. The number of aryl methyl sites for hydroxylation is 1. The van der Waals surface area contributed by atoms with Crippen molar-refractivity contribution in [2.45, 2.75) is 20.0 Å². The van der Waals surface area contributed by atoms with Gasteiger partial charge in [0.05, 0.1) is 6.54 Å². The second-order valence-electron chi connectivity index (χ2n) is 6.60. The average Bonchev–Trinajstić information content (AvgIpc) is 3.01. The summed E-state index contributed by atoms with van der Waals surface area (Å²) in [4.78, 5) is 0. The topological polar surface area (TPSA) is 25.2 Å². The zero-order valence-corrected chi connectivity index (χ0v) is 15.7. The second kappa shape index (κ2) is 7.55.